The maximum Gasteiger partial charge on any atom is 0.209 e. The van der Waals surface area contributed by atoms with Gasteiger partial charge < -0.3 is 9.47 Å². The summed E-state index contributed by atoms with van der Waals surface area (Å²) < 4.78 is 12.7. The Morgan fingerprint density at radius 3 is 2.45 bits per heavy atom. The van der Waals surface area contributed by atoms with E-state index in [1.54, 1.807) is 18.9 Å². The van der Waals surface area contributed by atoms with E-state index in [4.69, 9.17) is 9.47 Å². The van der Waals surface area contributed by atoms with Crippen molar-refractivity contribution < 1.29 is 9.47 Å². The van der Waals surface area contributed by atoms with Crippen LogP contribution in [0.2, 0.25) is 0 Å². The maximum absolute atomic E-state index is 5.70. The van der Waals surface area contributed by atoms with Crippen LogP contribution < -0.4 is 9.47 Å². The van der Waals surface area contributed by atoms with Crippen LogP contribution in [-0.4, -0.2) is 39.7 Å². The molecule has 120 valence electrons. The number of aromatic nitrogens is 4. The molecule has 1 aromatic carbocycles. The summed E-state index contributed by atoms with van der Waals surface area (Å²) in [5, 5.41) is 12.7. The van der Waals surface area contributed by atoms with Gasteiger partial charge in [0.1, 0.15) is 11.5 Å². The van der Waals surface area contributed by atoms with Crippen LogP contribution in [0.4, 0.5) is 0 Å². The van der Waals surface area contributed by atoms with Crippen LogP contribution in [0.25, 0.3) is 0 Å². The summed E-state index contributed by atoms with van der Waals surface area (Å²) in [5.41, 5.74) is -0.106. The third-order valence-electron chi connectivity index (χ3n) is 2.92. The maximum atomic E-state index is 5.70. The fourth-order valence-electron chi connectivity index (χ4n) is 1.77. The normalized spacial score (nSPS) is 11.5. The Bertz CT molecular complexity index is 578. The summed E-state index contributed by atoms with van der Waals surface area (Å²) >= 11 is 1.65. The monoisotopic (exact) mass is 322 g/mol. The molecule has 0 saturated carbocycles. The van der Waals surface area contributed by atoms with Gasteiger partial charge in [-0.15, -0.1) is 5.10 Å². The zero-order chi connectivity index (χ0) is 16.0. The second kappa shape index (κ2) is 7.49. The molecule has 0 unspecified atom stereocenters. The van der Waals surface area contributed by atoms with Crippen LogP contribution in [0.3, 0.4) is 0 Å². The van der Waals surface area contributed by atoms with Crippen molar-refractivity contribution in [1.29, 1.82) is 0 Å². The number of thioether (sulfide) groups is 1. The van der Waals surface area contributed by atoms with Crippen molar-refractivity contribution in [2.24, 2.45) is 0 Å². The molecule has 0 spiro atoms. The van der Waals surface area contributed by atoms with E-state index in [2.05, 4.69) is 36.3 Å². The van der Waals surface area contributed by atoms with Crippen LogP contribution in [0.1, 0.15) is 27.2 Å². The van der Waals surface area contributed by atoms with Gasteiger partial charge in [-0.3, -0.25) is 0 Å². The number of ether oxygens (including phenoxy) is 2. The molecule has 2 aromatic rings. The van der Waals surface area contributed by atoms with E-state index in [1.807, 2.05) is 28.9 Å². The highest BCUT2D eigenvalue weighted by molar-refractivity contribution is 7.99. The van der Waals surface area contributed by atoms with Crippen molar-refractivity contribution in [3.63, 3.8) is 0 Å². The van der Waals surface area contributed by atoms with Crippen LogP contribution in [0.5, 0.6) is 11.5 Å². The van der Waals surface area contributed by atoms with Gasteiger partial charge in [-0.25, -0.2) is 4.68 Å². The third-order valence-corrected chi connectivity index (χ3v) is 3.93. The van der Waals surface area contributed by atoms with Gasteiger partial charge in [0.2, 0.25) is 5.16 Å². The van der Waals surface area contributed by atoms with Gasteiger partial charge >= 0.3 is 0 Å². The summed E-state index contributed by atoms with van der Waals surface area (Å²) in [6.45, 7) is 6.91. The van der Waals surface area contributed by atoms with Crippen LogP contribution in [0.15, 0.2) is 29.4 Å². The van der Waals surface area contributed by atoms with E-state index < -0.39 is 0 Å². The Kier molecular flexibility index (Phi) is 5.65. The van der Waals surface area contributed by atoms with Gasteiger partial charge in [-0.1, -0.05) is 11.8 Å². The van der Waals surface area contributed by atoms with Gasteiger partial charge in [0.05, 0.1) is 19.3 Å². The molecular weight excluding hydrogens is 300 g/mol. The molecule has 0 aliphatic heterocycles. The Morgan fingerprint density at radius 2 is 1.82 bits per heavy atom. The Labute approximate surface area is 135 Å². The molecule has 0 amide bonds. The van der Waals surface area contributed by atoms with Crippen molar-refractivity contribution in [1.82, 2.24) is 20.2 Å². The van der Waals surface area contributed by atoms with Crippen molar-refractivity contribution in [3.05, 3.63) is 24.3 Å². The molecule has 2 rings (SSSR count). The first-order valence-electron chi connectivity index (χ1n) is 7.19. The van der Waals surface area contributed by atoms with E-state index in [9.17, 15) is 0 Å². The molecule has 0 radical (unpaired) electrons. The first-order chi connectivity index (χ1) is 10.5. The molecule has 1 aromatic heterocycles. The first kappa shape index (κ1) is 16.6. The van der Waals surface area contributed by atoms with Crippen LogP contribution in [0, 0.1) is 0 Å². The largest absolute Gasteiger partial charge is 0.497 e. The molecule has 6 nitrogen and oxygen atoms in total. The van der Waals surface area contributed by atoms with E-state index in [-0.39, 0.29) is 5.54 Å². The smallest absolute Gasteiger partial charge is 0.209 e. The number of hydrogen-bond donors (Lipinski definition) is 0. The number of benzene rings is 1. The number of hydrogen-bond acceptors (Lipinski definition) is 6. The molecule has 1 heterocycles. The zero-order valence-corrected chi connectivity index (χ0v) is 14.3. The predicted molar refractivity (Wildman–Crippen MR) is 86.6 cm³/mol. The average Bonchev–Trinajstić information content (AvgIpc) is 2.96. The molecule has 0 atom stereocenters. The second-order valence-corrected chi connectivity index (χ2v) is 6.83. The predicted octanol–water partition coefficient (Wildman–Crippen LogP) is 3.00. The molecular formula is C15H22N4O2S. The van der Waals surface area contributed by atoms with Crippen molar-refractivity contribution >= 4 is 11.8 Å². The lowest BCUT2D eigenvalue weighted by Crippen LogP contribution is -2.24. The lowest BCUT2D eigenvalue weighted by atomic mass is 10.1. The van der Waals surface area contributed by atoms with E-state index in [0.717, 1.165) is 28.8 Å². The van der Waals surface area contributed by atoms with Crippen LogP contribution >= 0.6 is 11.8 Å². The lowest BCUT2D eigenvalue weighted by Gasteiger charge is -2.19. The summed E-state index contributed by atoms with van der Waals surface area (Å²) in [6.07, 6.45) is 0.924. The summed E-state index contributed by atoms with van der Waals surface area (Å²) in [7, 11) is 1.65. The SMILES string of the molecule is COc1ccc(OCCCSc2nnnn2C(C)(C)C)cc1. The first-order valence-corrected chi connectivity index (χ1v) is 8.18. The van der Waals surface area contributed by atoms with Crippen molar-refractivity contribution in [2.45, 2.75) is 37.9 Å². The average molecular weight is 322 g/mol. The third kappa shape index (κ3) is 4.62. The van der Waals surface area contributed by atoms with E-state index >= 15 is 0 Å². The highest BCUT2D eigenvalue weighted by atomic mass is 32.2. The fraction of sp³-hybridized carbons (Fsp3) is 0.533. The minimum Gasteiger partial charge on any atom is -0.497 e. The Hall–Kier alpha value is -1.76. The van der Waals surface area contributed by atoms with Gasteiger partial charge in [-0.05, 0) is 61.9 Å². The Morgan fingerprint density at radius 1 is 1.14 bits per heavy atom. The summed E-state index contributed by atoms with van der Waals surface area (Å²) in [6, 6.07) is 7.60. The molecule has 0 saturated heterocycles. The number of tetrazole rings is 1. The lowest BCUT2D eigenvalue weighted by molar-refractivity contribution is 0.316. The van der Waals surface area contributed by atoms with Gasteiger partial charge in [-0.2, -0.15) is 0 Å². The fourth-order valence-corrected chi connectivity index (χ4v) is 2.75. The molecule has 22 heavy (non-hydrogen) atoms. The van der Waals surface area contributed by atoms with E-state index in [0.29, 0.717) is 6.61 Å². The van der Waals surface area contributed by atoms with E-state index in [1.165, 1.54) is 0 Å². The number of rotatable bonds is 7. The minimum absolute atomic E-state index is 0.106. The highest BCUT2D eigenvalue weighted by Crippen LogP contribution is 2.22. The molecule has 0 fully saturated rings. The second-order valence-electron chi connectivity index (χ2n) is 5.77. The topological polar surface area (TPSA) is 62.1 Å². The summed E-state index contributed by atoms with van der Waals surface area (Å²) in [4.78, 5) is 0. The quantitative estimate of drug-likeness (QED) is 0.577. The van der Waals surface area contributed by atoms with Crippen molar-refractivity contribution in [2.75, 3.05) is 19.5 Å². The standard InChI is InChI=1S/C15H22N4O2S/c1-15(2,3)19-14(16-17-18-19)22-11-5-10-21-13-8-6-12(20-4)7-9-13/h6-9H,5,10-11H2,1-4H3. The van der Waals surface area contributed by atoms with Gasteiger partial charge in [0.25, 0.3) is 0 Å². The minimum atomic E-state index is -0.106. The molecule has 0 aliphatic carbocycles. The molecule has 7 heteroatoms. The number of nitrogens with zero attached hydrogens (tertiary/aromatic N) is 4. The zero-order valence-electron chi connectivity index (χ0n) is 13.4. The summed E-state index contributed by atoms with van der Waals surface area (Å²) in [5.74, 6) is 2.59. The highest BCUT2D eigenvalue weighted by Gasteiger charge is 2.19. The molecule has 0 aliphatic rings. The van der Waals surface area contributed by atoms with Gasteiger partial charge in [0.15, 0.2) is 0 Å². The molecule has 0 N–H and O–H groups in total. The Balaban J connectivity index is 1.72. The van der Waals surface area contributed by atoms with Crippen LogP contribution in [-0.2, 0) is 5.54 Å². The van der Waals surface area contributed by atoms with Gasteiger partial charge in [0, 0.05) is 5.75 Å². The number of methoxy groups -OCH3 is 1. The van der Waals surface area contributed by atoms with Crippen molar-refractivity contribution in [3.8, 4) is 11.5 Å². The molecule has 0 bridgehead atoms.